The van der Waals surface area contributed by atoms with Crippen LogP contribution in [-0.2, 0) is 10.1 Å². The van der Waals surface area contributed by atoms with Gasteiger partial charge >= 0.3 is 29.6 Å². The minimum atomic E-state index is -4.26. The summed E-state index contributed by atoms with van der Waals surface area (Å²) in [6.45, 7) is 2.02. The molecule has 0 rings (SSSR count). The molecule has 0 aliphatic heterocycles. The topological polar surface area (TPSA) is 77.4 Å². The average Bonchev–Trinajstić information content (AvgIpc) is 2.53. The van der Waals surface area contributed by atoms with E-state index < -0.39 is 15.4 Å². The van der Waals surface area contributed by atoms with Crippen molar-refractivity contribution in [3.8, 4) is 0 Å². The molecule has 0 saturated heterocycles. The smallest absolute Gasteiger partial charge is 0.748 e. The molecule has 6 heteroatoms. The summed E-state index contributed by atoms with van der Waals surface area (Å²) >= 11 is 0. The Morgan fingerprint density at radius 2 is 1.08 bits per heavy atom. The van der Waals surface area contributed by atoms with Crippen molar-refractivity contribution in [2.45, 2.75) is 115 Å². The van der Waals surface area contributed by atoms with Gasteiger partial charge in [0.05, 0.1) is 15.4 Å². The second-order valence-electron chi connectivity index (χ2n) is 7.01. The van der Waals surface area contributed by atoms with Crippen LogP contribution in [0.3, 0.4) is 0 Å². The third kappa shape index (κ3) is 19.4. The van der Waals surface area contributed by atoms with Crippen molar-refractivity contribution < 1.29 is 47.6 Å². The summed E-state index contributed by atoms with van der Waals surface area (Å²) in [5.74, 6) is 0. The van der Waals surface area contributed by atoms with Crippen molar-refractivity contribution >= 4 is 10.1 Å². The normalized spacial score (nSPS) is 12.8. The summed E-state index contributed by atoms with van der Waals surface area (Å²) in [5.41, 5.74) is 0. The van der Waals surface area contributed by atoms with Crippen LogP contribution in [0.5, 0.6) is 0 Å². The maximum Gasteiger partial charge on any atom is 1.00 e. The van der Waals surface area contributed by atoms with Gasteiger partial charge in [0.2, 0.25) is 0 Å². The van der Waals surface area contributed by atoms with Crippen LogP contribution >= 0.6 is 0 Å². The molecule has 0 bridgehead atoms. The van der Waals surface area contributed by atoms with Crippen LogP contribution in [0.15, 0.2) is 0 Å². The number of unbranched alkanes of at least 4 members (excludes halogenated alkanes) is 13. The monoisotopic (exact) mass is 386 g/mol. The van der Waals surface area contributed by atoms with E-state index in [0.717, 1.165) is 19.3 Å². The SMILES string of the molecule is CCCCCCCCCCCCCCCCC(CCO)S(=O)(=O)[O-].[Na+]. The number of hydrogen-bond donors (Lipinski definition) is 1. The van der Waals surface area contributed by atoms with E-state index in [2.05, 4.69) is 6.92 Å². The molecule has 0 aromatic carbocycles. The molecule has 1 atom stereocenters. The van der Waals surface area contributed by atoms with Crippen LogP contribution in [0.25, 0.3) is 0 Å². The van der Waals surface area contributed by atoms with E-state index in [4.69, 9.17) is 5.11 Å². The predicted molar refractivity (Wildman–Crippen MR) is 100 cm³/mol. The van der Waals surface area contributed by atoms with E-state index in [1.54, 1.807) is 0 Å². The van der Waals surface area contributed by atoms with Crippen LogP contribution < -0.4 is 29.6 Å². The molecule has 0 aromatic heterocycles. The van der Waals surface area contributed by atoms with Gasteiger partial charge < -0.3 is 9.66 Å². The molecule has 146 valence electrons. The Morgan fingerprint density at radius 3 is 1.40 bits per heavy atom. The van der Waals surface area contributed by atoms with Crippen molar-refractivity contribution in [3.05, 3.63) is 0 Å². The van der Waals surface area contributed by atoms with Crippen molar-refractivity contribution in [1.29, 1.82) is 0 Å². The quantitative estimate of drug-likeness (QED) is 0.222. The van der Waals surface area contributed by atoms with Gasteiger partial charge in [-0.15, -0.1) is 0 Å². The summed E-state index contributed by atoms with van der Waals surface area (Å²) in [6.07, 6.45) is 18.0. The second kappa shape index (κ2) is 19.6. The van der Waals surface area contributed by atoms with Crippen molar-refractivity contribution in [2.75, 3.05) is 6.61 Å². The van der Waals surface area contributed by atoms with Gasteiger partial charge in [0, 0.05) is 6.61 Å². The number of aliphatic hydroxyl groups is 1. The van der Waals surface area contributed by atoms with Crippen molar-refractivity contribution in [3.63, 3.8) is 0 Å². The van der Waals surface area contributed by atoms with Gasteiger partial charge in [0.25, 0.3) is 0 Å². The first kappa shape index (κ1) is 28.1. The molecule has 1 unspecified atom stereocenters. The number of hydrogen-bond acceptors (Lipinski definition) is 4. The van der Waals surface area contributed by atoms with Crippen molar-refractivity contribution in [2.24, 2.45) is 0 Å². The number of aliphatic hydroxyl groups excluding tert-OH is 1. The van der Waals surface area contributed by atoms with Gasteiger partial charge in [-0.2, -0.15) is 0 Å². The Morgan fingerprint density at radius 1 is 0.720 bits per heavy atom. The molecule has 0 fully saturated rings. The molecule has 4 nitrogen and oxygen atoms in total. The minimum absolute atomic E-state index is 0. The van der Waals surface area contributed by atoms with Gasteiger partial charge in [-0.05, 0) is 12.8 Å². The largest absolute Gasteiger partial charge is 1.00 e. The molecule has 0 aliphatic carbocycles. The van der Waals surface area contributed by atoms with Gasteiger partial charge in [-0.3, -0.25) is 0 Å². The summed E-state index contributed by atoms with van der Waals surface area (Å²) in [5, 5.41) is 7.91. The molecule has 0 aromatic rings. The maximum atomic E-state index is 11.0. The molecular formula is C19H39NaO4S. The predicted octanol–water partition coefficient (Wildman–Crippen LogP) is 2.16. The van der Waals surface area contributed by atoms with Crippen LogP contribution in [0, 0.1) is 0 Å². The first-order valence-electron chi connectivity index (χ1n) is 10.1. The Balaban J connectivity index is 0. The summed E-state index contributed by atoms with van der Waals surface area (Å²) in [4.78, 5) is 0. The molecule has 0 saturated carbocycles. The zero-order valence-corrected chi connectivity index (χ0v) is 19.5. The molecule has 0 radical (unpaired) electrons. The van der Waals surface area contributed by atoms with Crippen molar-refractivity contribution in [1.82, 2.24) is 0 Å². The van der Waals surface area contributed by atoms with Gasteiger partial charge in [-0.1, -0.05) is 96.8 Å². The summed E-state index contributed by atoms with van der Waals surface area (Å²) < 4.78 is 33.1. The fourth-order valence-electron chi connectivity index (χ4n) is 3.14. The number of rotatable bonds is 18. The maximum absolute atomic E-state index is 11.0. The average molecular weight is 387 g/mol. The Bertz CT molecular complexity index is 360. The second-order valence-corrected chi connectivity index (χ2v) is 8.66. The molecule has 0 spiro atoms. The fourth-order valence-corrected chi connectivity index (χ4v) is 3.99. The van der Waals surface area contributed by atoms with E-state index in [1.807, 2.05) is 0 Å². The summed E-state index contributed by atoms with van der Waals surface area (Å²) in [6, 6.07) is 0. The Kier molecular flexibility index (Phi) is 22.0. The van der Waals surface area contributed by atoms with E-state index in [9.17, 15) is 13.0 Å². The Hall–Kier alpha value is 0.870. The van der Waals surface area contributed by atoms with E-state index in [1.165, 1.54) is 70.6 Å². The van der Waals surface area contributed by atoms with Gasteiger partial charge in [0.1, 0.15) is 0 Å². The first-order chi connectivity index (χ1) is 11.5. The Labute approximate surface area is 178 Å². The molecule has 0 aliphatic rings. The minimum Gasteiger partial charge on any atom is -0.748 e. The molecule has 25 heavy (non-hydrogen) atoms. The fraction of sp³-hybridized carbons (Fsp3) is 1.00. The van der Waals surface area contributed by atoms with Crippen LogP contribution in [0.1, 0.15) is 110 Å². The zero-order valence-electron chi connectivity index (χ0n) is 16.7. The molecule has 0 amide bonds. The molecular weight excluding hydrogens is 347 g/mol. The first-order valence-corrected chi connectivity index (χ1v) is 11.5. The van der Waals surface area contributed by atoms with Gasteiger partial charge in [-0.25, -0.2) is 8.42 Å². The van der Waals surface area contributed by atoms with Crippen LogP contribution in [-0.4, -0.2) is 29.9 Å². The van der Waals surface area contributed by atoms with Crippen LogP contribution in [0.4, 0.5) is 0 Å². The molecule has 0 heterocycles. The van der Waals surface area contributed by atoms with E-state index in [-0.39, 0.29) is 42.6 Å². The van der Waals surface area contributed by atoms with Crippen LogP contribution in [0.2, 0.25) is 0 Å². The zero-order chi connectivity index (χ0) is 18.1. The molecule has 1 N–H and O–H groups in total. The standard InChI is InChI=1S/C19H40O4S.Na/c1-2-3-4-5-6-7-8-9-10-11-12-13-14-15-16-19(17-18-20)24(21,22)23;/h19-20H,2-18H2,1H3,(H,21,22,23);/q;+1/p-1. The third-order valence-corrected chi connectivity index (χ3v) is 6.03. The van der Waals surface area contributed by atoms with E-state index in [0.29, 0.717) is 6.42 Å². The summed E-state index contributed by atoms with van der Waals surface area (Å²) in [7, 11) is -4.26. The van der Waals surface area contributed by atoms with E-state index >= 15 is 0 Å². The van der Waals surface area contributed by atoms with Gasteiger partial charge in [0.15, 0.2) is 0 Å². The third-order valence-electron chi connectivity index (χ3n) is 4.74.